The van der Waals surface area contributed by atoms with E-state index >= 15 is 0 Å². The van der Waals surface area contributed by atoms with Crippen LogP contribution in [0.15, 0.2) is 65.7 Å². The molecule has 2 heterocycles. The molecule has 0 atom stereocenters. The molecule has 1 aliphatic rings. The van der Waals surface area contributed by atoms with Gasteiger partial charge in [-0.25, -0.2) is 13.2 Å². The van der Waals surface area contributed by atoms with Crippen molar-refractivity contribution in [2.75, 3.05) is 13.1 Å². The first-order valence-corrected chi connectivity index (χ1v) is 10.00. The second-order valence-corrected chi connectivity index (χ2v) is 8.36. The molecule has 0 bridgehead atoms. The Bertz CT molecular complexity index is 1160. The van der Waals surface area contributed by atoms with Crippen molar-refractivity contribution in [2.24, 2.45) is 0 Å². The number of hydrogen-bond acceptors (Lipinski definition) is 3. The van der Waals surface area contributed by atoms with Crippen molar-refractivity contribution in [3.63, 3.8) is 0 Å². The minimum atomic E-state index is -3.74. The Labute approximate surface area is 156 Å². The zero-order chi connectivity index (χ0) is 19.0. The van der Waals surface area contributed by atoms with Gasteiger partial charge >= 0.3 is 5.97 Å². The van der Waals surface area contributed by atoms with Crippen LogP contribution in [0.25, 0.3) is 16.5 Å². The quantitative estimate of drug-likeness (QED) is 0.724. The highest BCUT2D eigenvalue weighted by Gasteiger charge is 2.27. The van der Waals surface area contributed by atoms with Crippen LogP contribution in [0.4, 0.5) is 0 Å². The van der Waals surface area contributed by atoms with E-state index in [1.807, 2.05) is 36.5 Å². The van der Waals surface area contributed by atoms with Crippen molar-refractivity contribution in [1.29, 1.82) is 0 Å². The zero-order valence-corrected chi connectivity index (χ0v) is 15.2. The highest BCUT2D eigenvalue weighted by atomic mass is 32.2. The molecule has 1 aliphatic heterocycles. The van der Waals surface area contributed by atoms with E-state index in [0.29, 0.717) is 13.0 Å². The average molecular weight is 382 g/mol. The lowest BCUT2D eigenvalue weighted by atomic mass is 10.00. The molecule has 0 unspecified atom stereocenters. The van der Waals surface area contributed by atoms with Gasteiger partial charge in [0.1, 0.15) is 0 Å². The maximum absolute atomic E-state index is 12.9. The van der Waals surface area contributed by atoms with Gasteiger partial charge in [0.2, 0.25) is 10.0 Å². The van der Waals surface area contributed by atoms with Gasteiger partial charge in [0.05, 0.1) is 10.5 Å². The summed E-state index contributed by atoms with van der Waals surface area (Å²) >= 11 is 0. The molecule has 0 fully saturated rings. The molecule has 4 rings (SSSR count). The molecular weight excluding hydrogens is 364 g/mol. The van der Waals surface area contributed by atoms with Crippen molar-refractivity contribution in [3.05, 3.63) is 71.9 Å². The summed E-state index contributed by atoms with van der Waals surface area (Å²) in [5.74, 6) is -1.15. The number of fused-ring (bicyclic) bond motifs is 1. The molecular formula is C20H18N2O4S. The number of carboxylic acids is 1. The smallest absolute Gasteiger partial charge is 0.335 e. The lowest BCUT2D eigenvalue weighted by Gasteiger charge is -2.26. The van der Waals surface area contributed by atoms with Crippen molar-refractivity contribution < 1.29 is 18.3 Å². The van der Waals surface area contributed by atoms with Gasteiger partial charge < -0.3 is 10.1 Å². The van der Waals surface area contributed by atoms with Gasteiger partial charge in [0, 0.05) is 35.8 Å². The van der Waals surface area contributed by atoms with E-state index in [4.69, 9.17) is 5.11 Å². The number of rotatable bonds is 4. The van der Waals surface area contributed by atoms with Gasteiger partial charge in [-0.2, -0.15) is 4.31 Å². The number of H-pyrrole nitrogens is 1. The largest absolute Gasteiger partial charge is 0.478 e. The number of aromatic amines is 1. The van der Waals surface area contributed by atoms with E-state index in [0.717, 1.165) is 22.0 Å². The maximum atomic E-state index is 12.9. The lowest BCUT2D eigenvalue weighted by Crippen LogP contribution is -2.34. The van der Waals surface area contributed by atoms with Crippen molar-refractivity contribution in [1.82, 2.24) is 9.29 Å². The van der Waals surface area contributed by atoms with E-state index < -0.39 is 16.0 Å². The van der Waals surface area contributed by atoms with Crippen LogP contribution in [0.1, 0.15) is 22.3 Å². The molecule has 0 spiro atoms. The minimum absolute atomic E-state index is 0.00587. The maximum Gasteiger partial charge on any atom is 0.335 e. The first-order chi connectivity index (χ1) is 13.0. The monoisotopic (exact) mass is 382 g/mol. The average Bonchev–Trinajstić information content (AvgIpc) is 3.12. The van der Waals surface area contributed by atoms with E-state index in [2.05, 4.69) is 4.98 Å². The van der Waals surface area contributed by atoms with Crippen LogP contribution in [0.2, 0.25) is 0 Å². The SMILES string of the molecule is O=C(O)c1cccc(S(=O)(=O)N2CC=C(c3c[nH]c4ccccc34)CC2)c1. The Morgan fingerprint density at radius 1 is 1.11 bits per heavy atom. The molecule has 1 aromatic heterocycles. The summed E-state index contributed by atoms with van der Waals surface area (Å²) in [7, 11) is -3.74. The number of hydrogen-bond donors (Lipinski definition) is 2. The summed E-state index contributed by atoms with van der Waals surface area (Å²) in [6.07, 6.45) is 4.48. The molecule has 3 aromatic rings. The predicted octanol–water partition coefficient (Wildman–Crippen LogP) is 3.34. The predicted molar refractivity (Wildman–Crippen MR) is 103 cm³/mol. The number of para-hydroxylation sites is 1. The van der Waals surface area contributed by atoms with Crippen LogP contribution in [0.3, 0.4) is 0 Å². The highest BCUT2D eigenvalue weighted by Crippen LogP contribution is 2.30. The number of nitrogens with one attached hydrogen (secondary N) is 1. The van der Waals surface area contributed by atoms with Gasteiger partial charge in [-0.3, -0.25) is 0 Å². The van der Waals surface area contributed by atoms with Gasteiger partial charge in [-0.1, -0.05) is 30.3 Å². The fourth-order valence-corrected chi connectivity index (χ4v) is 4.82. The summed E-state index contributed by atoms with van der Waals surface area (Å²) in [5.41, 5.74) is 3.21. The molecule has 7 heteroatoms. The lowest BCUT2D eigenvalue weighted by molar-refractivity contribution is 0.0696. The van der Waals surface area contributed by atoms with Crippen molar-refractivity contribution in [2.45, 2.75) is 11.3 Å². The summed E-state index contributed by atoms with van der Waals surface area (Å²) in [6.45, 7) is 0.611. The first kappa shape index (κ1) is 17.5. The molecule has 2 N–H and O–H groups in total. The third kappa shape index (κ3) is 3.15. The molecule has 2 aromatic carbocycles. The second kappa shape index (κ2) is 6.68. The first-order valence-electron chi connectivity index (χ1n) is 8.56. The van der Waals surface area contributed by atoms with E-state index in [1.165, 1.54) is 28.6 Å². The minimum Gasteiger partial charge on any atom is -0.478 e. The third-order valence-electron chi connectivity index (χ3n) is 4.83. The van der Waals surface area contributed by atoms with Gasteiger partial charge in [0.15, 0.2) is 0 Å². The van der Waals surface area contributed by atoms with E-state index in [-0.39, 0.29) is 17.0 Å². The molecule has 6 nitrogen and oxygen atoms in total. The number of benzene rings is 2. The Kier molecular flexibility index (Phi) is 4.33. The van der Waals surface area contributed by atoms with Crippen LogP contribution >= 0.6 is 0 Å². The molecule has 0 radical (unpaired) electrons. The second-order valence-electron chi connectivity index (χ2n) is 6.42. The third-order valence-corrected chi connectivity index (χ3v) is 6.69. The Morgan fingerprint density at radius 3 is 2.67 bits per heavy atom. The summed E-state index contributed by atoms with van der Waals surface area (Å²) in [5, 5.41) is 10.2. The fraction of sp³-hybridized carbons (Fsp3) is 0.150. The van der Waals surface area contributed by atoms with Gasteiger partial charge in [0.25, 0.3) is 0 Å². The molecule has 27 heavy (non-hydrogen) atoms. The Balaban J connectivity index is 1.61. The standard InChI is InChI=1S/C20H18N2O4S/c23-20(24)15-4-3-5-16(12-15)27(25,26)22-10-8-14(9-11-22)18-13-21-19-7-2-1-6-17(18)19/h1-8,12-13,21H,9-11H2,(H,23,24). The number of carbonyl (C=O) groups is 1. The van der Waals surface area contributed by atoms with E-state index in [1.54, 1.807) is 0 Å². The van der Waals surface area contributed by atoms with Crippen LogP contribution in [0.5, 0.6) is 0 Å². The number of nitrogens with zero attached hydrogens (tertiary/aromatic N) is 1. The van der Waals surface area contributed by atoms with Crippen LogP contribution in [0, 0.1) is 0 Å². The summed E-state index contributed by atoms with van der Waals surface area (Å²) in [6, 6.07) is 13.5. The fourth-order valence-electron chi connectivity index (χ4n) is 3.39. The Hall–Kier alpha value is -2.90. The van der Waals surface area contributed by atoms with Crippen LogP contribution < -0.4 is 0 Å². The normalized spacial score (nSPS) is 15.6. The number of carboxylic acid groups (broad SMARTS) is 1. The Morgan fingerprint density at radius 2 is 1.93 bits per heavy atom. The zero-order valence-electron chi connectivity index (χ0n) is 14.4. The van der Waals surface area contributed by atoms with Gasteiger partial charge in [-0.15, -0.1) is 0 Å². The van der Waals surface area contributed by atoms with Crippen LogP contribution in [-0.4, -0.2) is 41.9 Å². The molecule has 0 saturated carbocycles. The summed E-state index contributed by atoms with van der Waals surface area (Å²) in [4.78, 5) is 14.4. The van der Waals surface area contributed by atoms with Crippen molar-refractivity contribution in [3.8, 4) is 0 Å². The van der Waals surface area contributed by atoms with Gasteiger partial charge in [-0.05, 0) is 36.3 Å². The van der Waals surface area contributed by atoms with Crippen molar-refractivity contribution >= 4 is 32.5 Å². The molecule has 138 valence electrons. The summed E-state index contributed by atoms with van der Waals surface area (Å²) < 4.78 is 27.1. The molecule has 0 aliphatic carbocycles. The highest BCUT2D eigenvalue weighted by molar-refractivity contribution is 7.89. The number of sulfonamides is 1. The molecule has 0 amide bonds. The molecule has 0 saturated heterocycles. The van der Waals surface area contributed by atoms with E-state index in [9.17, 15) is 13.2 Å². The number of aromatic carboxylic acids is 1. The number of aromatic nitrogens is 1. The van der Waals surface area contributed by atoms with Crippen LogP contribution in [-0.2, 0) is 10.0 Å². The topological polar surface area (TPSA) is 90.5 Å².